The normalized spacial score (nSPS) is 15.0. The molecule has 1 aliphatic rings. The molecule has 1 heterocycles. The van der Waals surface area contributed by atoms with Gasteiger partial charge in [0, 0.05) is 37.6 Å². The van der Waals surface area contributed by atoms with E-state index in [1.165, 1.54) is 6.92 Å². The monoisotopic (exact) mass is 374 g/mol. The van der Waals surface area contributed by atoms with Crippen molar-refractivity contribution in [1.29, 1.82) is 0 Å². The van der Waals surface area contributed by atoms with E-state index in [1.807, 2.05) is 0 Å². The fraction of sp³-hybridized carbons (Fsp3) is 0.429. The number of ether oxygens (including phenoxy) is 1. The maximum absolute atomic E-state index is 12.1. The van der Waals surface area contributed by atoms with Crippen LogP contribution in [0.15, 0.2) is 22.7 Å². The molecule has 0 atom stereocenters. The molecular formula is C14H16BrClN2O3. The van der Waals surface area contributed by atoms with Gasteiger partial charge in [-0.25, -0.2) is 0 Å². The molecule has 5 nitrogen and oxygen atoms in total. The predicted octanol–water partition coefficient (Wildman–Crippen LogP) is 2.17. The predicted molar refractivity (Wildman–Crippen MR) is 83.5 cm³/mol. The van der Waals surface area contributed by atoms with E-state index in [-0.39, 0.29) is 18.4 Å². The highest BCUT2D eigenvalue weighted by atomic mass is 79.9. The van der Waals surface area contributed by atoms with Crippen LogP contribution in [0.1, 0.15) is 6.92 Å². The quantitative estimate of drug-likeness (QED) is 0.813. The second kappa shape index (κ2) is 7.13. The number of benzene rings is 1. The number of piperazine rings is 1. The van der Waals surface area contributed by atoms with E-state index in [0.29, 0.717) is 37.0 Å². The van der Waals surface area contributed by atoms with Gasteiger partial charge in [-0.3, -0.25) is 9.59 Å². The third kappa shape index (κ3) is 4.35. The molecule has 0 bridgehead atoms. The summed E-state index contributed by atoms with van der Waals surface area (Å²) in [7, 11) is 0. The number of hydrogen-bond acceptors (Lipinski definition) is 3. The molecular weight excluding hydrogens is 360 g/mol. The first-order chi connectivity index (χ1) is 9.97. The minimum Gasteiger partial charge on any atom is -0.482 e. The molecule has 2 rings (SSSR count). The molecule has 7 heteroatoms. The van der Waals surface area contributed by atoms with Crippen molar-refractivity contribution >= 4 is 39.3 Å². The summed E-state index contributed by atoms with van der Waals surface area (Å²) in [5.74, 6) is 0.424. The molecule has 0 aromatic heterocycles. The van der Waals surface area contributed by atoms with Crippen LogP contribution in [0.3, 0.4) is 0 Å². The molecule has 1 aliphatic heterocycles. The van der Waals surface area contributed by atoms with Crippen molar-refractivity contribution in [2.45, 2.75) is 6.92 Å². The highest BCUT2D eigenvalue weighted by Gasteiger charge is 2.22. The molecule has 2 amide bonds. The summed E-state index contributed by atoms with van der Waals surface area (Å²) in [6, 6.07) is 5.23. The van der Waals surface area contributed by atoms with E-state index in [0.717, 1.165) is 4.47 Å². The van der Waals surface area contributed by atoms with Crippen molar-refractivity contribution in [3.63, 3.8) is 0 Å². The number of halogens is 2. The smallest absolute Gasteiger partial charge is 0.260 e. The van der Waals surface area contributed by atoms with E-state index in [1.54, 1.807) is 28.0 Å². The maximum atomic E-state index is 12.1. The highest BCUT2D eigenvalue weighted by molar-refractivity contribution is 9.10. The summed E-state index contributed by atoms with van der Waals surface area (Å²) in [5.41, 5.74) is 0. The van der Waals surface area contributed by atoms with Gasteiger partial charge in [-0.15, -0.1) is 0 Å². The fourth-order valence-electron chi connectivity index (χ4n) is 2.09. The molecule has 1 aromatic carbocycles. The van der Waals surface area contributed by atoms with Crippen molar-refractivity contribution in [1.82, 2.24) is 9.80 Å². The van der Waals surface area contributed by atoms with Crippen LogP contribution in [0.5, 0.6) is 5.75 Å². The van der Waals surface area contributed by atoms with Crippen LogP contribution in [-0.4, -0.2) is 54.4 Å². The molecule has 1 fully saturated rings. The zero-order valence-corrected chi connectivity index (χ0v) is 14.0. The Hall–Kier alpha value is -1.27. The first-order valence-electron chi connectivity index (χ1n) is 6.58. The molecule has 1 aromatic rings. The number of carbonyl (C=O) groups is 2. The van der Waals surface area contributed by atoms with Crippen LogP contribution in [0, 0.1) is 0 Å². The molecule has 0 saturated carbocycles. The van der Waals surface area contributed by atoms with E-state index >= 15 is 0 Å². The van der Waals surface area contributed by atoms with Gasteiger partial charge >= 0.3 is 0 Å². The second-order valence-electron chi connectivity index (χ2n) is 4.75. The first-order valence-corrected chi connectivity index (χ1v) is 7.75. The summed E-state index contributed by atoms with van der Waals surface area (Å²) < 4.78 is 6.31. The Morgan fingerprint density at radius 3 is 2.43 bits per heavy atom. The number of amides is 2. The van der Waals surface area contributed by atoms with Crippen molar-refractivity contribution in [3.05, 3.63) is 27.7 Å². The molecule has 21 heavy (non-hydrogen) atoms. The van der Waals surface area contributed by atoms with Gasteiger partial charge in [0.25, 0.3) is 5.91 Å². The van der Waals surface area contributed by atoms with E-state index in [4.69, 9.17) is 16.3 Å². The number of carbonyl (C=O) groups excluding carboxylic acids is 2. The fourth-order valence-corrected chi connectivity index (χ4v) is 2.82. The number of hydrogen-bond donors (Lipinski definition) is 0. The minimum absolute atomic E-state index is 0.0417. The lowest BCUT2D eigenvalue weighted by Crippen LogP contribution is -2.51. The standard InChI is InChI=1S/C14H16BrClN2O3/c1-10(19)17-4-6-18(7-5-17)14(20)9-21-13-3-2-11(15)8-12(13)16/h2-3,8H,4-7,9H2,1H3. The van der Waals surface area contributed by atoms with Crippen molar-refractivity contribution < 1.29 is 14.3 Å². The summed E-state index contributed by atoms with van der Waals surface area (Å²) in [6.45, 7) is 3.70. The van der Waals surface area contributed by atoms with Gasteiger partial charge in [0.05, 0.1) is 5.02 Å². The van der Waals surface area contributed by atoms with Gasteiger partial charge in [-0.05, 0) is 18.2 Å². The Balaban J connectivity index is 1.84. The van der Waals surface area contributed by atoms with Crippen LogP contribution in [-0.2, 0) is 9.59 Å². The van der Waals surface area contributed by atoms with Crippen LogP contribution < -0.4 is 4.74 Å². The lowest BCUT2D eigenvalue weighted by atomic mass is 10.3. The molecule has 0 unspecified atom stereocenters. The first kappa shape index (κ1) is 16.1. The molecule has 0 radical (unpaired) electrons. The molecule has 1 saturated heterocycles. The van der Waals surface area contributed by atoms with Crippen LogP contribution in [0.2, 0.25) is 5.02 Å². The van der Waals surface area contributed by atoms with E-state index in [9.17, 15) is 9.59 Å². The Morgan fingerprint density at radius 1 is 1.24 bits per heavy atom. The Morgan fingerprint density at radius 2 is 1.86 bits per heavy atom. The van der Waals surface area contributed by atoms with Crippen LogP contribution in [0.4, 0.5) is 0 Å². The summed E-state index contributed by atoms with van der Waals surface area (Å²) in [6.07, 6.45) is 0. The zero-order valence-electron chi connectivity index (χ0n) is 11.6. The highest BCUT2D eigenvalue weighted by Crippen LogP contribution is 2.27. The van der Waals surface area contributed by atoms with Crippen molar-refractivity contribution in [2.24, 2.45) is 0 Å². The lowest BCUT2D eigenvalue weighted by molar-refractivity contribution is -0.139. The van der Waals surface area contributed by atoms with Crippen molar-refractivity contribution in [3.8, 4) is 5.75 Å². The van der Waals surface area contributed by atoms with Gasteiger partial charge in [-0.1, -0.05) is 27.5 Å². The molecule has 0 spiro atoms. The number of rotatable bonds is 3. The Kier molecular flexibility index (Phi) is 5.47. The zero-order chi connectivity index (χ0) is 15.4. The largest absolute Gasteiger partial charge is 0.482 e. The van der Waals surface area contributed by atoms with Gasteiger partial charge < -0.3 is 14.5 Å². The molecule has 0 N–H and O–H groups in total. The van der Waals surface area contributed by atoms with E-state index < -0.39 is 0 Å². The van der Waals surface area contributed by atoms with Crippen molar-refractivity contribution in [2.75, 3.05) is 32.8 Å². The number of nitrogens with zero attached hydrogens (tertiary/aromatic N) is 2. The topological polar surface area (TPSA) is 49.9 Å². The van der Waals surface area contributed by atoms with Gasteiger partial charge in [0.15, 0.2) is 6.61 Å². The Labute approximate surface area is 136 Å². The molecule has 114 valence electrons. The van der Waals surface area contributed by atoms with Gasteiger partial charge in [0.2, 0.25) is 5.91 Å². The van der Waals surface area contributed by atoms with Gasteiger partial charge in [-0.2, -0.15) is 0 Å². The maximum Gasteiger partial charge on any atom is 0.260 e. The summed E-state index contributed by atoms with van der Waals surface area (Å²) in [4.78, 5) is 26.7. The average Bonchev–Trinajstić information content (AvgIpc) is 2.46. The molecule has 0 aliphatic carbocycles. The lowest BCUT2D eigenvalue weighted by Gasteiger charge is -2.34. The van der Waals surface area contributed by atoms with E-state index in [2.05, 4.69) is 15.9 Å². The third-order valence-electron chi connectivity index (χ3n) is 3.32. The average molecular weight is 376 g/mol. The van der Waals surface area contributed by atoms with Crippen LogP contribution in [0.25, 0.3) is 0 Å². The van der Waals surface area contributed by atoms with Crippen LogP contribution >= 0.6 is 27.5 Å². The summed E-state index contributed by atoms with van der Waals surface area (Å²) in [5, 5.41) is 0.457. The third-order valence-corrected chi connectivity index (χ3v) is 4.11. The Bertz CT molecular complexity index is 545. The SMILES string of the molecule is CC(=O)N1CCN(C(=O)COc2ccc(Br)cc2Cl)CC1. The van der Waals surface area contributed by atoms with Gasteiger partial charge in [0.1, 0.15) is 5.75 Å². The summed E-state index contributed by atoms with van der Waals surface area (Å²) >= 11 is 9.34. The minimum atomic E-state index is -0.0998. The second-order valence-corrected chi connectivity index (χ2v) is 6.07.